The summed E-state index contributed by atoms with van der Waals surface area (Å²) in [5.41, 5.74) is 5.62. The Hall–Kier alpha value is -2.47. The fraction of sp³-hybridized carbons (Fsp3) is 0.350. The molecule has 5 nitrogen and oxygen atoms in total. The first-order valence-corrected chi connectivity index (χ1v) is 9.78. The topological polar surface area (TPSA) is 51.0 Å². The van der Waals surface area contributed by atoms with Crippen molar-refractivity contribution in [1.82, 2.24) is 19.7 Å². The first-order chi connectivity index (χ1) is 12.6. The Balaban J connectivity index is 1.53. The number of aryl methyl sites for hydroxylation is 2. The van der Waals surface area contributed by atoms with Crippen LogP contribution in [0.5, 0.6) is 0 Å². The average molecular weight is 366 g/mol. The maximum atomic E-state index is 12.7. The van der Waals surface area contributed by atoms with E-state index >= 15 is 0 Å². The molecule has 1 amide bonds. The first kappa shape index (κ1) is 17.0. The third-order valence-corrected chi connectivity index (χ3v) is 5.70. The highest BCUT2D eigenvalue weighted by atomic mass is 32.1. The fourth-order valence-electron chi connectivity index (χ4n) is 3.65. The summed E-state index contributed by atoms with van der Waals surface area (Å²) in [5, 5.41) is 7.73. The lowest BCUT2D eigenvalue weighted by atomic mass is 10.0. The molecule has 3 heterocycles. The number of amides is 1. The SMILES string of the molecule is Cc1nc(CC(=O)N2CCc3nn(C)c(-c4ccccc4)c3CC2)cs1. The number of aromatic nitrogens is 3. The standard InChI is InChI=1S/C20H22N4OS/c1-14-21-16(13-26-14)12-19(25)24-10-8-17-18(9-11-24)22-23(2)20(17)15-6-4-3-5-7-15/h3-7,13H,8-12H2,1-2H3. The molecule has 0 spiro atoms. The number of hydrogen-bond donors (Lipinski definition) is 0. The van der Waals surface area contributed by atoms with E-state index in [1.165, 1.54) is 16.8 Å². The van der Waals surface area contributed by atoms with Gasteiger partial charge < -0.3 is 4.90 Å². The summed E-state index contributed by atoms with van der Waals surface area (Å²) in [5.74, 6) is 0.158. The predicted molar refractivity (Wildman–Crippen MR) is 103 cm³/mol. The van der Waals surface area contributed by atoms with E-state index in [9.17, 15) is 4.79 Å². The molecule has 3 aromatic rings. The zero-order valence-electron chi connectivity index (χ0n) is 15.1. The molecule has 0 saturated carbocycles. The van der Waals surface area contributed by atoms with Crippen LogP contribution in [-0.4, -0.2) is 38.7 Å². The van der Waals surface area contributed by atoms with Crippen LogP contribution in [0.2, 0.25) is 0 Å². The maximum absolute atomic E-state index is 12.7. The molecular formula is C20H22N4OS. The number of fused-ring (bicyclic) bond motifs is 1. The molecule has 1 aliphatic rings. The van der Waals surface area contributed by atoms with Crippen molar-refractivity contribution < 1.29 is 4.79 Å². The molecule has 1 aliphatic heterocycles. The molecule has 2 aromatic heterocycles. The number of carbonyl (C=O) groups is 1. The summed E-state index contributed by atoms with van der Waals surface area (Å²) in [7, 11) is 2.00. The molecule has 0 atom stereocenters. The lowest BCUT2D eigenvalue weighted by molar-refractivity contribution is -0.130. The molecule has 134 valence electrons. The van der Waals surface area contributed by atoms with Gasteiger partial charge >= 0.3 is 0 Å². The largest absolute Gasteiger partial charge is 0.342 e. The molecule has 1 aromatic carbocycles. The second kappa shape index (κ2) is 7.03. The number of benzene rings is 1. The quantitative estimate of drug-likeness (QED) is 0.716. The van der Waals surface area contributed by atoms with Crippen LogP contribution in [-0.2, 0) is 31.1 Å². The molecule has 6 heteroatoms. The van der Waals surface area contributed by atoms with E-state index in [-0.39, 0.29) is 5.91 Å². The lowest BCUT2D eigenvalue weighted by Gasteiger charge is -2.20. The molecule has 0 aliphatic carbocycles. The van der Waals surface area contributed by atoms with Gasteiger partial charge in [0.05, 0.1) is 28.5 Å². The van der Waals surface area contributed by atoms with Gasteiger partial charge in [0, 0.05) is 43.1 Å². The van der Waals surface area contributed by atoms with Crippen molar-refractivity contribution in [1.29, 1.82) is 0 Å². The number of thiazole rings is 1. The van der Waals surface area contributed by atoms with Gasteiger partial charge in [0.1, 0.15) is 0 Å². The van der Waals surface area contributed by atoms with Crippen molar-refractivity contribution in [3.05, 3.63) is 57.7 Å². The van der Waals surface area contributed by atoms with Gasteiger partial charge in [-0.2, -0.15) is 5.10 Å². The van der Waals surface area contributed by atoms with Crippen LogP contribution in [0.4, 0.5) is 0 Å². The number of hydrogen-bond acceptors (Lipinski definition) is 4. The van der Waals surface area contributed by atoms with Crippen molar-refractivity contribution in [3.63, 3.8) is 0 Å². The van der Waals surface area contributed by atoms with Crippen molar-refractivity contribution in [2.45, 2.75) is 26.2 Å². The Bertz CT molecular complexity index is 929. The minimum Gasteiger partial charge on any atom is -0.342 e. The van der Waals surface area contributed by atoms with E-state index in [1.54, 1.807) is 11.3 Å². The summed E-state index contributed by atoms with van der Waals surface area (Å²) in [6, 6.07) is 10.4. The van der Waals surface area contributed by atoms with Crippen LogP contribution in [0.3, 0.4) is 0 Å². The smallest absolute Gasteiger partial charge is 0.228 e. The normalized spacial score (nSPS) is 14.2. The van der Waals surface area contributed by atoms with Crippen molar-refractivity contribution >= 4 is 17.2 Å². The minimum absolute atomic E-state index is 0.158. The molecule has 0 unspecified atom stereocenters. The Morgan fingerprint density at radius 2 is 1.96 bits per heavy atom. The van der Waals surface area contributed by atoms with Crippen molar-refractivity contribution in [3.8, 4) is 11.3 Å². The second-order valence-corrected chi connectivity index (χ2v) is 7.74. The van der Waals surface area contributed by atoms with E-state index in [4.69, 9.17) is 5.10 Å². The van der Waals surface area contributed by atoms with Crippen molar-refractivity contribution in [2.75, 3.05) is 13.1 Å². The lowest BCUT2D eigenvalue weighted by Crippen LogP contribution is -2.34. The van der Waals surface area contributed by atoms with Crippen molar-refractivity contribution in [2.24, 2.45) is 7.05 Å². The molecule has 0 N–H and O–H groups in total. The van der Waals surface area contributed by atoms with Gasteiger partial charge in [-0.1, -0.05) is 30.3 Å². The Morgan fingerprint density at radius 1 is 1.19 bits per heavy atom. The van der Waals surface area contributed by atoms with Crippen LogP contribution < -0.4 is 0 Å². The van der Waals surface area contributed by atoms with Crippen LogP contribution in [0, 0.1) is 6.92 Å². The van der Waals surface area contributed by atoms with Gasteiger partial charge in [0.15, 0.2) is 0 Å². The Kier molecular flexibility index (Phi) is 4.59. The number of carbonyl (C=O) groups excluding carboxylic acids is 1. The van der Waals surface area contributed by atoms with Gasteiger partial charge in [0.25, 0.3) is 0 Å². The van der Waals surface area contributed by atoms with Crippen LogP contribution in [0.15, 0.2) is 35.7 Å². The summed E-state index contributed by atoms with van der Waals surface area (Å²) in [6.07, 6.45) is 2.04. The predicted octanol–water partition coefficient (Wildman–Crippen LogP) is 3.02. The Morgan fingerprint density at radius 3 is 2.69 bits per heavy atom. The van der Waals surface area contributed by atoms with Crippen LogP contribution in [0.25, 0.3) is 11.3 Å². The monoisotopic (exact) mass is 366 g/mol. The highest BCUT2D eigenvalue weighted by molar-refractivity contribution is 7.09. The molecule has 0 saturated heterocycles. The molecule has 0 bridgehead atoms. The van der Waals surface area contributed by atoms with Gasteiger partial charge in [-0.15, -0.1) is 11.3 Å². The molecule has 26 heavy (non-hydrogen) atoms. The highest BCUT2D eigenvalue weighted by Gasteiger charge is 2.24. The molecule has 0 fully saturated rings. The first-order valence-electron chi connectivity index (χ1n) is 8.91. The summed E-state index contributed by atoms with van der Waals surface area (Å²) < 4.78 is 1.98. The molecular weight excluding hydrogens is 344 g/mol. The zero-order valence-corrected chi connectivity index (χ0v) is 15.9. The van der Waals surface area contributed by atoms with Gasteiger partial charge in [-0.3, -0.25) is 9.48 Å². The average Bonchev–Trinajstić information content (AvgIpc) is 3.11. The van der Waals surface area contributed by atoms with Gasteiger partial charge in [0.2, 0.25) is 5.91 Å². The van der Waals surface area contributed by atoms with E-state index < -0.39 is 0 Å². The van der Waals surface area contributed by atoms with Gasteiger partial charge in [-0.05, 0) is 13.3 Å². The third kappa shape index (κ3) is 3.29. The second-order valence-electron chi connectivity index (χ2n) is 6.68. The van der Waals surface area contributed by atoms with E-state index in [0.29, 0.717) is 6.42 Å². The summed E-state index contributed by atoms with van der Waals surface area (Å²) in [4.78, 5) is 19.1. The molecule has 0 radical (unpaired) electrons. The van der Waals surface area contributed by atoms with E-state index in [1.807, 2.05) is 35.0 Å². The van der Waals surface area contributed by atoms with Crippen LogP contribution in [0.1, 0.15) is 22.0 Å². The molecule has 4 rings (SSSR count). The van der Waals surface area contributed by atoms with E-state index in [2.05, 4.69) is 29.2 Å². The summed E-state index contributed by atoms with van der Waals surface area (Å²) in [6.45, 7) is 3.43. The minimum atomic E-state index is 0.158. The van der Waals surface area contributed by atoms with E-state index in [0.717, 1.165) is 42.3 Å². The highest BCUT2D eigenvalue weighted by Crippen LogP contribution is 2.28. The number of rotatable bonds is 3. The third-order valence-electron chi connectivity index (χ3n) is 4.88. The maximum Gasteiger partial charge on any atom is 0.228 e. The number of nitrogens with zero attached hydrogens (tertiary/aromatic N) is 4. The fourth-order valence-corrected chi connectivity index (χ4v) is 4.26. The zero-order chi connectivity index (χ0) is 18.1. The van der Waals surface area contributed by atoms with Gasteiger partial charge in [-0.25, -0.2) is 4.98 Å². The summed E-state index contributed by atoms with van der Waals surface area (Å²) >= 11 is 1.59. The van der Waals surface area contributed by atoms with Crippen LogP contribution >= 0.6 is 11.3 Å². The Labute approximate surface area is 157 Å².